The summed E-state index contributed by atoms with van der Waals surface area (Å²) in [6.45, 7) is 2.77. The Morgan fingerprint density at radius 3 is 2.00 bits per heavy atom. The zero-order chi connectivity index (χ0) is 41.6. The zero-order valence-electron chi connectivity index (χ0n) is 29.1. The number of nitrogens with zero attached hydrogens (tertiary/aromatic N) is 1. The van der Waals surface area contributed by atoms with Crippen molar-refractivity contribution in [3.05, 3.63) is 93.3 Å². The number of rotatable bonds is 12. The van der Waals surface area contributed by atoms with E-state index in [0.717, 1.165) is 12.1 Å². The highest BCUT2D eigenvalue weighted by molar-refractivity contribution is 6.33. The molecule has 5 N–H and O–H groups in total. The average Bonchev–Trinajstić information content (AvgIpc) is 3.10. The first-order valence-corrected chi connectivity index (χ1v) is 16.1. The van der Waals surface area contributed by atoms with Crippen LogP contribution in [0.3, 0.4) is 0 Å². The van der Waals surface area contributed by atoms with Crippen LogP contribution in [-0.2, 0) is 30.1 Å². The Hall–Kier alpha value is -5.66. The molecule has 3 aromatic carbocycles. The normalized spacial score (nSPS) is 12.6. The number of hydrazine groups is 1. The minimum atomic E-state index is -4.96. The summed E-state index contributed by atoms with van der Waals surface area (Å²) >= 11 is 6.01. The van der Waals surface area contributed by atoms with Crippen LogP contribution >= 0.6 is 11.6 Å². The average molecular weight is 810 g/mol. The van der Waals surface area contributed by atoms with Gasteiger partial charge in [0.25, 0.3) is 17.7 Å². The number of carbonyl (C=O) groups is 5. The van der Waals surface area contributed by atoms with Crippen LogP contribution in [0, 0.1) is 34.5 Å². The Labute approximate surface area is 312 Å². The van der Waals surface area contributed by atoms with E-state index < -0.39 is 112 Å². The quantitative estimate of drug-likeness (QED) is 0.0487. The summed E-state index contributed by atoms with van der Waals surface area (Å²) in [5, 5.41) is 4.80. The lowest BCUT2D eigenvalue weighted by Gasteiger charge is -2.32. The number of alkyl halides is 3. The van der Waals surface area contributed by atoms with Gasteiger partial charge in [0, 0.05) is 5.56 Å². The van der Waals surface area contributed by atoms with Gasteiger partial charge in [-0.1, -0.05) is 44.5 Å². The number of halogens is 9. The monoisotopic (exact) mass is 809 g/mol. The van der Waals surface area contributed by atoms with Crippen LogP contribution in [-0.4, -0.2) is 60.4 Å². The number of benzene rings is 3. The fourth-order valence-electron chi connectivity index (χ4n) is 4.63. The summed E-state index contributed by atoms with van der Waals surface area (Å²) in [5.41, 5.74) is 4.68. The second-order valence-corrected chi connectivity index (χ2v) is 12.9. The molecule has 0 saturated carbocycles. The number of amides is 4. The predicted octanol–water partition coefficient (Wildman–Crippen LogP) is 5.14. The Kier molecular flexibility index (Phi) is 14.0. The number of hydrogen-bond acceptors (Lipinski definition) is 8. The van der Waals surface area contributed by atoms with Crippen LogP contribution in [0.5, 0.6) is 5.75 Å². The van der Waals surface area contributed by atoms with Crippen LogP contribution in [0.1, 0.15) is 55.2 Å². The molecule has 4 amide bonds. The maximum atomic E-state index is 14.2. The molecule has 0 bridgehead atoms. The number of ether oxygens (including phenoxy) is 2. The Bertz CT molecular complexity index is 1950. The van der Waals surface area contributed by atoms with E-state index in [4.69, 9.17) is 22.1 Å². The smallest absolute Gasteiger partial charge is 0.416 e. The summed E-state index contributed by atoms with van der Waals surface area (Å²) in [6, 6.07) is 3.14. The molecule has 0 fully saturated rings. The molecule has 3 aromatic rings. The molecule has 3 rings (SSSR count). The maximum absolute atomic E-state index is 14.2. The lowest BCUT2D eigenvalue weighted by molar-refractivity contribution is -0.154. The summed E-state index contributed by atoms with van der Waals surface area (Å²) in [5.74, 6) is -20.5. The SMILES string of the molecule is CCOC(=O)CN(NC(=O)[C@H](NC(=O)[C@@H](NC(=O)c1ccc(N)c(Cl)c1)C(C)(C)C)c1cccc(C(F)(F)F)c1)C(=O)COc1c(F)c(F)c(F)c(F)c1F. The standard InChI is InChI=1S/C34H32ClF8N5O7/c1-5-54-21(50)13-48(20(49)14-55-28-25(39)23(37)22(36)24(38)26(28)40)47-31(52)27(15-7-6-8-17(11-15)34(41,42)43)45-32(53)29(33(2,3)4)46-30(51)16-9-10-19(44)18(35)12-16/h6-12,27,29H,5,13-14,44H2,1-4H3,(H,45,53)(H,46,51)(H,47,52)/t27-,29-/m1/s1. The van der Waals surface area contributed by atoms with Crippen molar-refractivity contribution in [3.63, 3.8) is 0 Å². The first-order chi connectivity index (χ1) is 25.5. The minimum Gasteiger partial charge on any atom is -0.477 e. The Morgan fingerprint density at radius 2 is 1.45 bits per heavy atom. The highest BCUT2D eigenvalue weighted by Gasteiger charge is 2.38. The molecule has 0 saturated heterocycles. The number of esters is 1. The van der Waals surface area contributed by atoms with Crippen molar-refractivity contribution >= 4 is 46.9 Å². The van der Waals surface area contributed by atoms with Crippen LogP contribution in [0.2, 0.25) is 5.02 Å². The van der Waals surface area contributed by atoms with Gasteiger partial charge in [-0.05, 0) is 48.2 Å². The fraction of sp³-hybridized carbons (Fsp3) is 0.324. The molecular formula is C34H32ClF8N5O7. The van der Waals surface area contributed by atoms with Crippen molar-refractivity contribution in [2.24, 2.45) is 5.41 Å². The topological polar surface area (TPSA) is 169 Å². The van der Waals surface area contributed by atoms with E-state index in [0.29, 0.717) is 12.1 Å². The van der Waals surface area contributed by atoms with Gasteiger partial charge in [-0.25, -0.2) is 18.2 Å². The second kappa shape index (κ2) is 17.7. The number of nitrogens with two attached hydrogens (primary N) is 1. The first kappa shape index (κ1) is 43.7. The Balaban J connectivity index is 2.02. The number of nitrogens with one attached hydrogen (secondary N) is 3. The van der Waals surface area contributed by atoms with Gasteiger partial charge >= 0.3 is 12.1 Å². The van der Waals surface area contributed by atoms with Gasteiger partial charge in [0.2, 0.25) is 35.0 Å². The highest BCUT2D eigenvalue weighted by Crippen LogP contribution is 2.32. The lowest BCUT2D eigenvalue weighted by atomic mass is 9.85. The van der Waals surface area contributed by atoms with E-state index in [9.17, 15) is 59.1 Å². The number of anilines is 1. The van der Waals surface area contributed by atoms with E-state index in [1.807, 2.05) is 5.43 Å². The van der Waals surface area contributed by atoms with E-state index >= 15 is 0 Å². The molecule has 298 valence electrons. The van der Waals surface area contributed by atoms with Crippen molar-refractivity contribution < 1.29 is 68.6 Å². The van der Waals surface area contributed by atoms with E-state index in [-0.39, 0.29) is 27.9 Å². The lowest BCUT2D eigenvalue weighted by Crippen LogP contribution is -2.57. The van der Waals surface area contributed by atoms with Gasteiger partial charge in [0.1, 0.15) is 18.6 Å². The van der Waals surface area contributed by atoms with E-state index in [2.05, 4.69) is 15.4 Å². The van der Waals surface area contributed by atoms with Gasteiger partial charge in [-0.3, -0.25) is 29.4 Å². The highest BCUT2D eigenvalue weighted by atomic mass is 35.5. The van der Waals surface area contributed by atoms with E-state index in [1.54, 1.807) is 0 Å². The molecular weight excluding hydrogens is 778 g/mol. The molecule has 21 heteroatoms. The zero-order valence-corrected chi connectivity index (χ0v) is 29.9. The number of hydrogen-bond donors (Lipinski definition) is 4. The van der Waals surface area contributed by atoms with Crippen LogP contribution in [0.15, 0.2) is 42.5 Å². The second-order valence-electron chi connectivity index (χ2n) is 12.5. The van der Waals surface area contributed by atoms with Gasteiger partial charge in [0.15, 0.2) is 12.4 Å². The largest absolute Gasteiger partial charge is 0.477 e. The summed E-state index contributed by atoms with van der Waals surface area (Å²) in [7, 11) is 0. The third kappa shape index (κ3) is 11.0. The van der Waals surface area contributed by atoms with Crippen LogP contribution < -0.4 is 26.5 Å². The molecule has 12 nitrogen and oxygen atoms in total. The number of carbonyl (C=O) groups excluding carboxylic acids is 5. The van der Waals surface area contributed by atoms with Crippen LogP contribution in [0.4, 0.5) is 40.8 Å². The summed E-state index contributed by atoms with van der Waals surface area (Å²) < 4.78 is 120. The number of nitrogen functional groups attached to an aromatic ring is 1. The van der Waals surface area contributed by atoms with Crippen molar-refractivity contribution in [2.45, 2.75) is 46.0 Å². The third-order valence-corrected chi connectivity index (χ3v) is 7.74. The maximum Gasteiger partial charge on any atom is 0.416 e. The molecule has 55 heavy (non-hydrogen) atoms. The Morgan fingerprint density at radius 1 is 0.855 bits per heavy atom. The van der Waals surface area contributed by atoms with Crippen molar-refractivity contribution in [2.75, 3.05) is 25.5 Å². The molecule has 0 radical (unpaired) electrons. The fourth-order valence-corrected chi connectivity index (χ4v) is 4.81. The summed E-state index contributed by atoms with van der Waals surface area (Å²) in [4.78, 5) is 66.3. The van der Waals surface area contributed by atoms with E-state index in [1.165, 1.54) is 45.9 Å². The van der Waals surface area contributed by atoms with Gasteiger partial charge in [-0.2, -0.15) is 22.0 Å². The molecule has 0 aromatic heterocycles. The summed E-state index contributed by atoms with van der Waals surface area (Å²) in [6.07, 6.45) is -4.96. The van der Waals surface area contributed by atoms with Crippen molar-refractivity contribution in [1.82, 2.24) is 21.1 Å². The predicted molar refractivity (Wildman–Crippen MR) is 177 cm³/mol. The minimum absolute atomic E-state index is 0.00488. The third-order valence-electron chi connectivity index (χ3n) is 7.41. The van der Waals surface area contributed by atoms with Crippen molar-refractivity contribution in [1.29, 1.82) is 0 Å². The molecule has 0 unspecified atom stereocenters. The molecule has 0 aliphatic rings. The molecule has 0 aliphatic heterocycles. The molecule has 0 heterocycles. The van der Waals surface area contributed by atoms with Gasteiger partial charge in [0.05, 0.1) is 22.9 Å². The molecule has 2 atom stereocenters. The van der Waals surface area contributed by atoms with Gasteiger partial charge < -0.3 is 25.8 Å². The molecule has 0 aliphatic carbocycles. The van der Waals surface area contributed by atoms with Gasteiger partial charge in [-0.15, -0.1) is 0 Å². The van der Waals surface area contributed by atoms with Crippen LogP contribution in [0.25, 0.3) is 0 Å². The molecule has 0 spiro atoms. The van der Waals surface area contributed by atoms with Crippen molar-refractivity contribution in [3.8, 4) is 5.75 Å². The first-order valence-electron chi connectivity index (χ1n) is 15.7.